The van der Waals surface area contributed by atoms with Crippen LogP contribution in [0, 0.1) is 5.82 Å². The smallest absolute Gasteiger partial charge is 0.268 e. The summed E-state index contributed by atoms with van der Waals surface area (Å²) < 4.78 is 18.7. The van der Waals surface area contributed by atoms with Crippen molar-refractivity contribution in [2.75, 3.05) is 24.3 Å². The van der Waals surface area contributed by atoms with Crippen LogP contribution in [0.25, 0.3) is 0 Å². The molecule has 0 aliphatic carbocycles. The number of rotatable bonds is 4. The maximum Gasteiger partial charge on any atom is 0.268 e. The first-order chi connectivity index (χ1) is 13.5. The van der Waals surface area contributed by atoms with Crippen LogP contribution in [0.5, 0.6) is 5.75 Å². The number of amides is 2. The van der Waals surface area contributed by atoms with Crippen LogP contribution in [-0.2, 0) is 21.0 Å². The number of anilines is 1. The molecular formula is C21H21FN2O3S. The van der Waals surface area contributed by atoms with Gasteiger partial charge in [-0.1, -0.05) is 19.1 Å². The summed E-state index contributed by atoms with van der Waals surface area (Å²) in [5, 5.41) is 0. The van der Waals surface area contributed by atoms with Crippen LogP contribution in [0.2, 0.25) is 0 Å². The van der Waals surface area contributed by atoms with E-state index < -0.39 is 4.87 Å². The highest BCUT2D eigenvalue weighted by Gasteiger charge is 2.59. The topological polar surface area (TPSA) is 49.9 Å². The number of thioether (sulfide) groups is 1. The highest BCUT2D eigenvalue weighted by molar-refractivity contribution is 8.01. The number of halogens is 1. The molecule has 0 aromatic heterocycles. The molecule has 2 aliphatic rings. The Kier molecular flexibility index (Phi) is 4.79. The Labute approximate surface area is 167 Å². The second-order valence-corrected chi connectivity index (χ2v) is 8.08. The lowest BCUT2D eigenvalue weighted by atomic mass is 10.0. The summed E-state index contributed by atoms with van der Waals surface area (Å²) in [5.41, 5.74) is 2.37. The molecule has 2 aliphatic heterocycles. The standard InChI is InChI=1S/C21H21FN2O3S/c1-3-19(25)24-10-11-28-21(24)17-12-16(27-2)8-9-18(17)23(20(21)26)13-14-4-6-15(22)7-5-14/h4-9,12H,3,10-11,13H2,1-2H3. The molecule has 2 aromatic rings. The minimum absolute atomic E-state index is 0.0456. The van der Waals surface area contributed by atoms with E-state index >= 15 is 0 Å². The van der Waals surface area contributed by atoms with Gasteiger partial charge in [-0.2, -0.15) is 0 Å². The third kappa shape index (κ3) is 2.76. The monoisotopic (exact) mass is 400 g/mol. The molecule has 0 bridgehead atoms. The number of hydrogen-bond acceptors (Lipinski definition) is 4. The van der Waals surface area contributed by atoms with E-state index in [9.17, 15) is 14.0 Å². The zero-order chi connectivity index (χ0) is 19.9. The first-order valence-electron chi connectivity index (χ1n) is 9.20. The van der Waals surface area contributed by atoms with Crippen LogP contribution in [0.4, 0.5) is 10.1 Å². The SMILES string of the molecule is CCC(=O)N1CCSC12C(=O)N(Cc1ccc(F)cc1)c1ccc(OC)cc12. The normalized spacial score (nSPS) is 20.8. The van der Waals surface area contributed by atoms with Crippen LogP contribution >= 0.6 is 11.8 Å². The second-order valence-electron chi connectivity index (χ2n) is 6.79. The van der Waals surface area contributed by atoms with Crippen molar-refractivity contribution in [2.24, 2.45) is 0 Å². The average molecular weight is 400 g/mol. The van der Waals surface area contributed by atoms with Crippen molar-refractivity contribution in [3.8, 4) is 5.75 Å². The zero-order valence-electron chi connectivity index (χ0n) is 15.8. The summed E-state index contributed by atoms with van der Waals surface area (Å²) in [7, 11) is 1.58. The number of carbonyl (C=O) groups is 2. The van der Waals surface area contributed by atoms with Crippen LogP contribution in [0.1, 0.15) is 24.5 Å². The largest absolute Gasteiger partial charge is 0.497 e. The Hall–Kier alpha value is -2.54. The maximum atomic E-state index is 13.7. The Morgan fingerprint density at radius 2 is 2.00 bits per heavy atom. The van der Waals surface area contributed by atoms with Crippen LogP contribution in [0.15, 0.2) is 42.5 Å². The summed E-state index contributed by atoms with van der Waals surface area (Å²) in [6.45, 7) is 2.65. The molecule has 28 heavy (non-hydrogen) atoms. The van der Waals surface area contributed by atoms with Gasteiger partial charge in [0.1, 0.15) is 11.6 Å². The summed E-state index contributed by atoms with van der Waals surface area (Å²) in [6, 6.07) is 11.6. The number of benzene rings is 2. The molecule has 0 radical (unpaired) electrons. The van der Waals surface area contributed by atoms with Crippen LogP contribution in [0.3, 0.4) is 0 Å². The van der Waals surface area contributed by atoms with E-state index in [2.05, 4.69) is 0 Å². The van der Waals surface area contributed by atoms with Gasteiger partial charge >= 0.3 is 0 Å². The zero-order valence-corrected chi connectivity index (χ0v) is 16.6. The highest BCUT2D eigenvalue weighted by Crippen LogP contribution is 2.55. The molecule has 4 rings (SSSR count). The molecule has 146 valence electrons. The van der Waals surface area contributed by atoms with Crippen molar-refractivity contribution in [1.29, 1.82) is 0 Å². The summed E-state index contributed by atoms with van der Waals surface area (Å²) in [6.07, 6.45) is 0.340. The minimum atomic E-state index is -1.06. The van der Waals surface area contributed by atoms with E-state index in [4.69, 9.17) is 4.74 Å². The van der Waals surface area contributed by atoms with Gasteiger partial charge in [-0.3, -0.25) is 9.59 Å². The van der Waals surface area contributed by atoms with Gasteiger partial charge in [0.15, 0.2) is 4.87 Å². The summed E-state index contributed by atoms with van der Waals surface area (Å²) in [5.74, 6) is 0.841. The lowest BCUT2D eigenvalue weighted by Crippen LogP contribution is -2.50. The third-order valence-corrected chi connectivity index (χ3v) is 6.68. The fourth-order valence-corrected chi connectivity index (χ4v) is 5.37. The fourth-order valence-electron chi connectivity index (χ4n) is 3.90. The Morgan fingerprint density at radius 1 is 1.25 bits per heavy atom. The second kappa shape index (κ2) is 7.13. The van der Waals surface area contributed by atoms with E-state index in [0.29, 0.717) is 31.0 Å². The molecule has 5 nitrogen and oxygen atoms in total. The molecule has 7 heteroatoms. The molecular weight excluding hydrogens is 379 g/mol. The molecule has 2 aromatic carbocycles. The van der Waals surface area contributed by atoms with E-state index in [0.717, 1.165) is 16.8 Å². The molecule has 1 atom stereocenters. The van der Waals surface area contributed by atoms with E-state index in [1.54, 1.807) is 36.0 Å². The van der Waals surface area contributed by atoms with Gasteiger partial charge in [-0.05, 0) is 35.9 Å². The summed E-state index contributed by atoms with van der Waals surface area (Å²) in [4.78, 5) is 28.7. The van der Waals surface area contributed by atoms with Gasteiger partial charge in [-0.25, -0.2) is 4.39 Å². The first-order valence-corrected chi connectivity index (χ1v) is 10.2. The molecule has 0 N–H and O–H groups in total. The van der Waals surface area contributed by atoms with Crippen molar-refractivity contribution in [2.45, 2.75) is 24.8 Å². The maximum absolute atomic E-state index is 13.7. The van der Waals surface area contributed by atoms with Gasteiger partial charge in [0.25, 0.3) is 5.91 Å². The number of nitrogens with zero attached hydrogens (tertiary/aromatic N) is 2. The number of fused-ring (bicyclic) bond motifs is 2. The lowest BCUT2D eigenvalue weighted by molar-refractivity contribution is -0.139. The Balaban J connectivity index is 1.82. The highest BCUT2D eigenvalue weighted by atomic mass is 32.2. The molecule has 1 saturated heterocycles. The Bertz CT molecular complexity index is 934. The van der Waals surface area contributed by atoms with Crippen LogP contribution in [-0.4, -0.2) is 36.1 Å². The van der Waals surface area contributed by atoms with Crippen molar-refractivity contribution in [1.82, 2.24) is 4.90 Å². The van der Waals surface area contributed by atoms with Gasteiger partial charge < -0.3 is 14.5 Å². The molecule has 1 spiro atoms. The molecule has 0 saturated carbocycles. The van der Waals surface area contributed by atoms with Gasteiger partial charge in [0.05, 0.1) is 19.3 Å². The third-order valence-electron chi connectivity index (χ3n) is 5.26. The van der Waals surface area contributed by atoms with Crippen molar-refractivity contribution in [3.63, 3.8) is 0 Å². The van der Waals surface area contributed by atoms with Gasteiger partial charge in [0, 0.05) is 24.3 Å². The van der Waals surface area contributed by atoms with Crippen molar-refractivity contribution >= 4 is 29.3 Å². The minimum Gasteiger partial charge on any atom is -0.497 e. The molecule has 1 unspecified atom stereocenters. The number of hydrogen-bond donors (Lipinski definition) is 0. The quantitative estimate of drug-likeness (QED) is 0.788. The van der Waals surface area contributed by atoms with E-state index in [1.807, 2.05) is 18.2 Å². The molecule has 2 heterocycles. The Morgan fingerprint density at radius 3 is 2.68 bits per heavy atom. The van der Waals surface area contributed by atoms with Crippen LogP contribution < -0.4 is 9.64 Å². The lowest BCUT2D eigenvalue weighted by Gasteiger charge is -2.33. The first kappa shape index (κ1) is 18.8. The van der Waals surface area contributed by atoms with Crippen molar-refractivity contribution in [3.05, 3.63) is 59.4 Å². The number of methoxy groups -OCH3 is 1. The predicted octanol–water partition coefficient (Wildman–Crippen LogP) is 3.52. The van der Waals surface area contributed by atoms with E-state index in [-0.39, 0.29) is 17.6 Å². The van der Waals surface area contributed by atoms with Gasteiger partial charge in [-0.15, -0.1) is 11.8 Å². The number of ether oxygens (including phenoxy) is 1. The summed E-state index contributed by atoms with van der Waals surface area (Å²) >= 11 is 1.49. The molecule has 1 fully saturated rings. The van der Waals surface area contributed by atoms with Gasteiger partial charge in [0.2, 0.25) is 5.91 Å². The fraction of sp³-hybridized carbons (Fsp3) is 0.333. The van der Waals surface area contributed by atoms with Crippen molar-refractivity contribution < 1.29 is 18.7 Å². The predicted molar refractivity (Wildman–Crippen MR) is 107 cm³/mol. The van der Waals surface area contributed by atoms with E-state index in [1.165, 1.54) is 23.9 Å². The number of carbonyl (C=O) groups excluding carboxylic acids is 2. The average Bonchev–Trinajstić information content (AvgIpc) is 3.26. The molecule has 2 amide bonds.